The number of aryl methyl sites for hydroxylation is 1. The third-order valence-electron chi connectivity index (χ3n) is 5.77. The lowest BCUT2D eigenvalue weighted by molar-refractivity contribution is -0.140. The largest absolute Gasteiger partial charge is 0.352 e. The second-order valence-corrected chi connectivity index (χ2v) is 8.29. The number of carbonyl (C=O) groups excluding carboxylic acids is 2. The fourth-order valence-corrected chi connectivity index (χ4v) is 4.05. The van der Waals surface area contributed by atoms with Gasteiger partial charge in [0.1, 0.15) is 6.04 Å². The van der Waals surface area contributed by atoms with Gasteiger partial charge in [-0.3, -0.25) is 9.59 Å². The summed E-state index contributed by atoms with van der Waals surface area (Å²) in [4.78, 5) is 27.8. The van der Waals surface area contributed by atoms with Crippen molar-refractivity contribution in [2.24, 2.45) is 0 Å². The van der Waals surface area contributed by atoms with E-state index in [1.807, 2.05) is 55.5 Å². The number of hydrogen-bond donors (Lipinski definition) is 1. The molecule has 1 N–H and O–H groups in total. The van der Waals surface area contributed by atoms with Crippen molar-refractivity contribution < 1.29 is 9.59 Å². The van der Waals surface area contributed by atoms with Crippen LogP contribution in [0.5, 0.6) is 0 Å². The van der Waals surface area contributed by atoms with Gasteiger partial charge in [-0.1, -0.05) is 66.9 Å². The Labute approximate surface area is 178 Å². The van der Waals surface area contributed by atoms with Crippen molar-refractivity contribution in [3.63, 3.8) is 0 Å². The average molecular weight is 413 g/mol. The highest BCUT2D eigenvalue weighted by Crippen LogP contribution is 2.21. The third kappa shape index (κ3) is 5.60. The van der Waals surface area contributed by atoms with E-state index >= 15 is 0 Å². The van der Waals surface area contributed by atoms with Crippen molar-refractivity contribution in [2.45, 2.75) is 64.6 Å². The first kappa shape index (κ1) is 21.4. The van der Waals surface area contributed by atoms with Crippen molar-refractivity contribution in [1.82, 2.24) is 10.2 Å². The molecule has 0 unspecified atom stereocenters. The molecule has 29 heavy (non-hydrogen) atoms. The van der Waals surface area contributed by atoms with Gasteiger partial charge in [-0.25, -0.2) is 0 Å². The van der Waals surface area contributed by atoms with E-state index in [1.165, 1.54) is 0 Å². The molecular weight excluding hydrogens is 384 g/mol. The Morgan fingerprint density at radius 3 is 2.34 bits per heavy atom. The van der Waals surface area contributed by atoms with Crippen LogP contribution in [0.1, 0.15) is 49.3 Å². The van der Waals surface area contributed by atoms with E-state index in [0.717, 1.165) is 42.4 Å². The smallest absolute Gasteiger partial charge is 0.242 e. The molecule has 2 aromatic carbocycles. The SMILES string of the molecule is Cc1ccccc1CC(=O)N(Cc1ccccc1Cl)[C@H](C)C(=O)NC1CCCC1. The number of amides is 2. The lowest BCUT2D eigenvalue weighted by atomic mass is 10.0. The second kappa shape index (κ2) is 9.93. The predicted molar refractivity (Wildman–Crippen MR) is 117 cm³/mol. The summed E-state index contributed by atoms with van der Waals surface area (Å²) in [5, 5.41) is 3.73. The van der Waals surface area contributed by atoms with E-state index in [-0.39, 0.29) is 24.3 Å². The zero-order valence-corrected chi connectivity index (χ0v) is 17.9. The number of hydrogen-bond acceptors (Lipinski definition) is 2. The maximum atomic E-state index is 13.3. The fourth-order valence-electron chi connectivity index (χ4n) is 3.86. The lowest BCUT2D eigenvalue weighted by Crippen LogP contribution is -2.50. The van der Waals surface area contributed by atoms with Crippen molar-refractivity contribution in [3.8, 4) is 0 Å². The van der Waals surface area contributed by atoms with Gasteiger partial charge in [0.15, 0.2) is 0 Å². The molecule has 1 fully saturated rings. The molecule has 0 aromatic heterocycles. The van der Waals surface area contributed by atoms with Crippen LogP contribution in [-0.2, 0) is 22.6 Å². The quantitative estimate of drug-likeness (QED) is 0.718. The summed E-state index contributed by atoms with van der Waals surface area (Å²) in [5.41, 5.74) is 2.89. The molecule has 1 aliphatic rings. The Morgan fingerprint density at radius 2 is 1.69 bits per heavy atom. The molecular formula is C24H29ClN2O2. The summed E-state index contributed by atoms with van der Waals surface area (Å²) >= 11 is 6.34. The van der Waals surface area contributed by atoms with Gasteiger partial charge in [-0.15, -0.1) is 0 Å². The highest BCUT2D eigenvalue weighted by molar-refractivity contribution is 6.31. The summed E-state index contributed by atoms with van der Waals surface area (Å²) in [6, 6.07) is 15.0. The fraction of sp³-hybridized carbons (Fsp3) is 0.417. The molecule has 3 rings (SSSR count). The number of nitrogens with zero attached hydrogens (tertiary/aromatic N) is 1. The zero-order chi connectivity index (χ0) is 20.8. The summed E-state index contributed by atoms with van der Waals surface area (Å²) in [6.45, 7) is 4.11. The van der Waals surface area contributed by atoms with Crippen LogP contribution >= 0.6 is 11.6 Å². The Hall–Kier alpha value is -2.33. The standard InChI is InChI=1S/C24H29ClN2O2/c1-17-9-3-4-10-19(17)15-23(28)27(16-20-11-5-8-14-22(20)25)18(2)24(29)26-21-12-6-7-13-21/h3-5,8-11,14,18,21H,6-7,12-13,15-16H2,1-2H3,(H,26,29)/t18-/m1/s1. The molecule has 0 spiro atoms. The molecule has 1 aliphatic carbocycles. The number of carbonyl (C=O) groups is 2. The van der Waals surface area contributed by atoms with Gasteiger partial charge < -0.3 is 10.2 Å². The number of nitrogens with one attached hydrogen (secondary N) is 1. The van der Waals surface area contributed by atoms with Crippen molar-refractivity contribution in [2.75, 3.05) is 0 Å². The molecule has 2 amide bonds. The van der Waals surface area contributed by atoms with Crippen LogP contribution in [0.25, 0.3) is 0 Å². The van der Waals surface area contributed by atoms with Crippen LogP contribution in [0.3, 0.4) is 0 Å². The minimum Gasteiger partial charge on any atom is -0.352 e. The van der Waals surface area contributed by atoms with E-state index in [0.29, 0.717) is 11.6 Å². The summed E-state index contributed by atoms with van der Waals surface area (Å²) in [7, 11) is 0. The summed E-state index contributed by atoms with van der Waals surface area (Å²) < 4.78 is 0. The Kier molecular flexibility index (Phi) is 7.32. The monoisotopic (exact) mass is 412 g/mol. The molecule has 0 bridgehead atoms. The first-order chi connectivity index (χ1) is 14.0. The van der Waals surface area contributed by atoms with E-state index in [2.05, 4.69) is 5.32 Å². The van der Waals surface area contributed by atoms with Crippen LogP contribution in [0.4, 0.5) is 0 Å². The van der Waals surface area contributed by atoms with Gasteiger partial charge in [-0.05, 0) is 49.4 Å². The summed E-state index contributed by atoms with van der Waals surface area (Å²) in [6.07, 6.45) is 4.59. The predicted octanol–water partition coefficient (Wildman–Crippen LogP) is 4.67. The molecule has 1 saturated carbocycles. The van der Waals surface area contributed by atoms with Gasteiger partial charge in [0, 0.05) is 17.6 Å². The van der Waals surface area contributed by atoms with E-state index in [9.17, 15) is 9.59 Å². The van der Waals surface area contributed by atoms with E-state index in [1.54, 1.807) is 11.8 Å². The Morgan fingerprint density at radius 1 is 1.07 bits per heavy atom. The maximum Gasteiger partial charge on any atom is 0.242 e. The minimum absolute atomic E-state index is 0.0757. The Balaban J connectivity index is 1.80. The third-order valence-corrected chi connectivity index (χ3v) is 6.14. The zero-order valence-electron chi connectivity index (χ0n) is 17.2. The van der Waals surface area contributed by atoms with Crippen molar-refractivity contribution >= 4 is 23.4 Å². The van der Waals surface area contributed by atoms with Crippen LogP contribution < -0.4 is 5.32 Å². The number of rotatable bonds is 7. The van der Waals surface area contributed by atoms with Gasteiger partial charge in [-0.2, -0.15) is 0 Å². The van der Waals surface area contributed by atoms with Gasteiger partial charge >= 0.3 is 0 Å². The highest BCUT2D eigenvalue weighted by atomic mass is 35.5. The Bertz CT molecular complexity index is 861. The van der Waals surface area contributed by atoms with E-state index in [4.69, 9.17) is 11.6 Å². The van der Waals surface area contributed by atoms with Crippen molar-refractivity contribution in [3.05, 3.63) is 70.2 Å². The topological polar surface area (TPSA) is 49.4 Å². The first-order valence-corrected chi connectivity index (χ1v) is 10.7. The van der Waals surface area contributed by atoms with Gasteiger partial charge in [0.2, 0.25) is 11.8 Å². The molecule has 0 heterocycles. The second-order valence-electron chi connectivity index (χ2n) is 7.88. The normalized spacial score (nSPS) is 15.1. The molecule has 0 radical (unpaired) electrons. The highest BCUT2D eigenvalue weighted by Gasteiger charge is 2.29. The molecule has 2 aromatic rings. The summed E-state index contributed by atoms with van der Waals surface area (Å²) in [5.74, 6) is -0.171. The molecule has 5 heteroatoms. The van der Waals surface area contributed by atoms with Crippen LogP contribution in [0.15, 0.2) is 48.5 Å². The molecule has 4 nitrogen and oxygen atoms in total. The lowest BCUT2D eigenvalue weighted by Gasteiger charge is -2.30. The van der Waals surface area contributed by atoms with Gasteiger partial charge in [0.05, 0.1) is 6.42 Å². The molecule has 154 valence electrons. The molecule has 0 saturated heterocycles. The van der Waals surface area contributed by atoms with E-state index < -0.39 is 6.04 Å². The molecule has 0 aliphatic heterocycles. The van der Waals surface area contributed by atoms with Crippen LogP contribution in [0, 0.1) is 6.92 Å². The first-order valence-electron chi connectivity index (χ1n) is 10.3. The number of halogens is 1. The average Bonchev–Trinajstić information content (AvgIpc) is 3.21. The minimum atomic E-state index is -0.566. The molecule has 1 atom stereocenters. The van der Waals surface area contributed by atoms with Gasteiger partial charge in [0.25, 0.3) is 0 Å². The number of benzene rings is 2. The van der Waals surface area contributed by atoms with Crippen LogP contribution in [0.2, 0.25) is 5.02 Å². The van der Waals surface area contributed by atoms with Crippen molar-refractivity contribution in [1.29, 1.82) is 0 Å². The van der Waals surface area contributed by atoms with Crippen LogP contribution in [-0.4, -0.2) is 28.8 Å². The maximum absolute atomic E-state index is 13.3.